The average Bonchev–Trinajstić information content (AvgIpc) is 3.47. The maximum Gasteiger partial charge on any atom is 0.409 e. The summed E-state index contributed by atoms with van der Waals surface area (Å²) in [5.41, 5.74) is 5.92. The van der Waals surface area contributed by atoms with Gasteiger partial charge in [-0.1, -0.05) is 0 Å². The Kier molecular flexibility index (Phi) is 5.55. The molecule has 5 heterocycles. The van der Waals surface area contributed by atoms with Gasteiger partial charge >= 0.3 is 6.09 Å². The molecule has 1 aliphatic rings. The van der Waals surface area contributed by atoms with Gasteiger partial charge < -0.3 is 18.8 Å². The molecule has 0 aromatic carbocycles. The summed E-state index contributed by atoms with van der Waals surface area (Å²) in [6.45, 7) is 5.59. The number of aromatic nitrogens is 5. The third-order valence-corrected chi connectivity index (χ3v) is 5.96. The Labute approximate surface area is 191 Å². The van der Waals surface area contributed by atoms with Crippen molar-refractivity contribution in [2.24, 2.45) is 0 Å². The molecular formula is C24H26N6O3. The summed E-state index contributed by atoms with van der Waals surface area (Å²) in [5, 5.41) is 4.27. The van der Waals surface area contributed by atoms with Crippen LogP contribution >= 0.6 is 0 Å². The lowest BCUT2D eigenvalue weighted by Crippen LogP contribution is -2.46. The van der Waals surface area contributed by atoms with Crippen LogP contribution in [0.2, 0.25) is 0 Å². The minimum absolute atomic E-state index is 0.158. The fourth-order valence-corrected chi connectivity index (χ4v) is 4.28. The summed E-state index contributed by atoms with van der Waals surface area (Å²) in [4.78, 5) is 23.3. The minimum Gasteiger partial charge on any atom is -0.453 e. The number of carbonyl (C=O) groups excluding carboxylic acids is 1. The quantitative estimate of drug-likeness (QED) is 0.479. The van der Waals surface area contributed by atoms with Gasteiger partial charge in [-0.15, -0.1) is 0 Å². The van der Waals surface area contributed by atoms with Crippen molar-refractivity contribution in [3.8, 4) is 17.1 Å². The zero-order chi connectivity index (χ0) is 22.9. The number of ether oxygens (including phenoxy) is 2. The fourth-order valence-electron chi connectivity index (χ4n) is 4.28. The number of hydrogen-bond acceptors (Lipinski definition) is 6. The van der Waals surface area contributed by atoms with Gasteiger partial charge in [0.05, 0.1) is 37.8 Å². The van der Waals surface area contributed by atoms with Crippen LogP contribution < -0.4 is 0 Å². The maximum atomic E-state index is 12.0. The van der Waals surface area contributed by atoms with E-state index in [1.807, 2.05) is 30.7 Å². The molecule has 0 N–H and O–H groups in total. The Morgan fingerprint density at radius 2 is 2.15 bits per heavy atom. The summed E-state index contributed by atoms with van der Waals surface area (Å²) in [5.74, 6) is 0.756. The normalized spacial score (nSPS) is 16.3. The number of hydrogen-bond donors (Lipinski definition) is 0. The van der Waals surface area contributed by atoms with Crippen molar-refractivity contribution in [2.45, 2.75) is 26.4 Å². The highest BCUT2D eigenvalue weighted by atomic mass is 16.5. The van der Waals surface area contributed by atoms with E-state index < -0.39 is 0 Å². The molecule has 1 amide bonds. The smallest absolute Gasteiger partial charge is 0.409 e. The monoisotopic (exact) mass is 446 g/mol. The van der Waals surface area contributed by atoms with Gasteiger partial charge in [0.2, 0.25) is 0 Å². The minimum atomic E-state index is -0.327. The summed E-state index contributed by atoms with van der Waals surface area (Å²) in [6.07, 6.45) is 7.61. The number of imidazole rings is 1. The number of rotatable bonds is 4. The van der Waals surface area contributed by atoms with Crippen molar-refractivity contribution in [3.63, 3.8) is 0 Å². The third-order valence-electron chi connectivity index (χ3n) is 5.96. The van der Waals surface area contributed by atoms with Crippen LogP contribution in [0.3, 0.4) is 0 Å². The molecule has 0 radical (unpaired) electrons. The second-order valence-corrected chi connectivity index (χ2v) is 8.26. The van der Waals surface area contributed by atoms with Crippen molar-refractivity contribution in [1.82, 2.24) is 29.0 Å². The Bertz CT molecular complexity index is 1300. The second-order valence-electron chi connectivity index (χ2n) is 8.26. The Balaban J connectivity index is 1.54. The Hall–Kier alpha value is -3.72. The second kappa shape index (κ2) is 8.67. The number of amides is 1. The molecule has 1 saturated heterocycles. The van der Waals surface area contributed by atoms with Gasteiger partial charge in [0.1, 0.15) is 5.65 Å². The highest BCUT2D eigenvalue weighted by Gasteiger charge is 2.28. The largest absolute Gasteiger partial charge is 0.453 e. The van der Waals surface area contributed by atoms with Gasteiger partial charge in [-0.25, -0.2) is 19.4 Å². The van der Waals surface area contributed by atoms with Crippen LogP contribution in [0.1, 0.15) is 16.8 Å². The number of pyridine rings is 2. The van der Waals surface area contributed by atoms with Crippen LogP contribution in [0, 0.1) is 13.8 Å². The standard InChI is InChI=1S/C24H26N6O3/c1-16-5-8-29-20(13-18-15-28(9-10-33-18)24(31)32-3)23(27-22(29)11-16)19-14-25-21(12-17(19)2)30-7-4-6-26-30/h4-8,11-12,14,18H,9-10,13,15H2,1-3H3/t18-/m0/s1. The van der Waals surface area contributed by atoms with Gasteiger partial charge in [0, 0.05) is 43.3 Å². The molecule has 9 nitrogen and oxygen atoms in total. The van der Waals surface area contributed by atoms with Crippen molar-refractivity contribution < 1.29 is 14.3 Å². The predicted octanol–water partition coefficient (Wildman–Crippen LogP) is 3.21. The molecule has 170 valence electrons. The Morgan fingerprint density at radius 3 is 2.91 bits per heavy atom. The van der Waals surface area contributed by atoms with Crippen LogP contribution in [0.5, 0.6) is 0 Å². The number of fused-ring (bicyclic) bond motifs is 1. The first kappa shape index (κ1) is 21.1. The number of methoxy groups -OCH3 is 1. The van der Waals surface area contributed by atoms with Gasteiger partial charge in [-0.3, -0.25) is 0 Å². The lowest BCUT2D eigenvalue weighted by molar-refractivity contribution is -0.0241. The van der Waals surface area contributed by atoms with Crippen LogP contribution in [0.15, 0.2) is 49.1 Å². The first-order valence-electron chi connectivity index (χ1n) is 10.9. The lowest BCUT2D eigenvalue weighted by atomic mass is 10.0. The van der Waals surface area contributed by atoms with E-state index in [9.17, 15) is 4.79 Å². The first-order valence-corrected chi connectivity index (χ1v) is 10.9. The van der Waals surface area contributed by atoms with Gasteiger partial charge in [0.15, 0.2) is 5.82 Å². The molecule has 1 fully saturated rings. The summed E-state index contributed by atoms with van der Waals surface area (Å²) in [7, 11) is 1.40. The molecule has 4 aromatic heterocycles. The number of nitrogens with zero attached hydrogens (tertiary/aromatic N) is 6. The van der Waals surface area contributed by atoms with Crippen molar-refractivity contribution >= 4 is 11.7 Å². The third kappa shape index (κ3) is 4.07. The zero-order valence-corrected chi connectivity index (χ0v) is 18.9. The topological polar surface area (TPSA) is 86.8 Å². The fraction of sp³-hybridized carbons (Fsp3) is 0.333. The van der Waals surface area contributed by atoms with E-state index in [4.69, 9.17) is 14.5 Å². The molecule has 1 atom stereocenters. The molecule has 0 saturated carbocycles. The average molecular weight is 447 g/mol. The van der Waals surface area contributed by atoms with Crippen LogP contribution in [0.25, 0.3) is 22.7 Å². The summed E-state index contributed by atoms with van der Waals surface area (Å²) < 4.78 is 14.8. The van der Waals surface area contributed by atoms with E-state index in [1.54, 1.807) is 15.8 Å². The van der Waals surface area contributed by atoms with E-state index in [-0.39, 0.29) is 12.2 Å². The van der Waals surface area contributed by atoms with Crippen LogP contribution in [-0.4, -0.2) is 68.1 Å². The maximum absolute atomic E-state index is 12.0. The summed E-state index contributed by atoms with van der Waals surface area (Å²) in [6, 6.07) is 8.01. The van der Waals surface area contributed by atoms with Crippen molar-refractivity contribution in [1.29, 1.82) is 0 Å². The SMILES string of the molecule is COC(=O)N1CCO[C@@H](Cc2c(-c3cnc(-n4cccn4)cc3C)nc3cc(C)ccn23)C1. The molecule has 0 spiro atoms. The predicted molar refractivity (Wildman–Crippen MR) is 122 cm³/mol. The molecule has 0 unspecified atom stereocenters. The van der Waals surface area contributed by atoms with Crippen molar-refractivity contribution in [2.75, 3.05) is 26.8 Å². The number of morpholine rings is 1. The van der Waals surface area contributed by atoms with E-state index in [0.717, 1.165) is 39.5 Å². The molecule has 33 heavy (non-hydrogen) atoms. The van der Waals surface area contributed by atoms with Crippen LogP contribution in [0.4, 0.5) is 4.79 Å². The molecule has 1 aliphatic heterocycles. The highest BCUT2D eigenvalue weighted by Crippen LogP contribution is 2.30. The molecule has 4 aromatic rings. The first-order chi connectivity index (χ1) is 16.0. The van der Waals surface area contributed by atoms with Crippen molar-refractivity contribution in [3.05, 3.63) is 65.9 Å². The molecular weight excluding hydrogens is 420 g/mol. The van der Waals surface area contributed by atoms with E-state index in [1.165, 1.54) is 7.11 Å². The van der Waals surface area contributed by atoms with Gasteiger partial charge in [-0.05, 0) is 49.2 Å². The molecule has 0 aliphatic carbocycles. The summed E-state index contributed by atoms with van der Waals surface area (Å²) >= 11 is 0. The zero-order valence-electron chi connectivity index (χ0n) is 18.9. The highest BCUT2D eigenvalue weighted by molar-refractivity contribution is 5.70. The van der Waals surface area contributed by atoms with Crippen LogP contribution in [-0.2, 0) is 15.9 Å². The lowest BCUT2D eigenvalue weighted by Gasteiger charge is -2.32. The van der Waals surface area contributed by atoms with Gasteiger partial charge in [-0.2, -0.15) is 5.10 Å². The number of carbonyl (C=O) groups is 1. The number of aryl methyl sites for hydroxylation is 2. The van der Waals surface area contributed by atoms with E-state index in [0.29, 0.717) is 26.1 Å². The van der Waals surface area contributed by atoms with E-state index in [2.05, 4.69) is 40.5 Å². The molecule has 9 heteroatoms. The van der Waals surface area contributed by atoms with Gasteiger partial charge in [0.25, 0.3) is 0 Å². The molecule has 0 bridgehead atoms. The Morgan fingerprint density at radius 1 is 1.27 bits per heavy atom. The van der Waals surface area contributed by atoms with E-state index >= 15 is 0 Å². The molecule has 5 rings (SSSR count).